The highest BCUT2D eigenvalue weighted by molar-refractivity contribution is 9.10. The summed E-state index contributed by atoms with van der Waals surface area (Å²) in [6.45, 7) is 4.68. The Hall–Kier alpha value is -0.870. The second kappa shape index (κ2) is 6.01. The molecule has 0 radical (unpaired) electrons. The highest BCUT2D eigenvalue weighted by Gasteiger charge is 2.18. The molecule has 88 valence electrons. The molecule has 0 saturated carbocycles. The number of hydrogen-bond donors (Lipinski definition) is 2. The number of carboxylic acid groups (broad SMARTS) is 1. The van der Waals surface area contributed by atoms with E-state index in [9.17, 15) is 4.79 Å². The molecule has 0 saturated heterocycles. The molecule has 0 aliphatic heterocycles. The molecule has 1 unspecified atom stereocenters. The third-order valence-corrected chi connectivity index (χ3v) is 3.23. The summed E-state index contributed by atoms with van der Waals surface area (Å²) >= 11 is 3.41. The summed E-state index contributed by atoms with van der Waals surface area (Å²) in [5.74, 6) is -0.843. The van der Waals surface area contributed by atoms with Crippen LogP contribution >= 0.6 is 15.9 Å². The van der Waals surface area contributed by atoms with Crippen molar-refractivity contribution in [3.05, 3.63) is 33.8 Å². The molecule has 1 rings (SSSR count). The average molecular weight is 286 g/mol. The van der Waals surface area contributed by atoms with Crippen LogP contribution in [0.2, 0.25) is 0 Å². The van der Waals surface area contributed by atoms with Crippen molar-refractivity contribution in [2.75, 3.05) is 6.54 Å². The van der Waals surface area contributed by atoms with Gasteiger partial charge >= 0.3 is 5.97 Å². The average Bonchev–Trinajstić information content (AvgIpc) is 2.23. The summed E-state index contributed by atoms with van der Waals surface area (Å²) in [7, 11) is 0. The molecule has 0 aliphatic rings. The van der Waals surface area contributed by atoms with E-state index >= 15 is 0 Å². The van der Waals surface area contributed by atoms with Crippen LogP contribution in [-0.4, -0.2) is 17.6 Å². The van der Waals surface area contributed by atoms with Gasteiger partial charge in [0.15, 0.2) is 0 Å². The fourth-order valence-electron chi connectivity index (χ4n) is 1.43. The van der Waals surface area contributed by atoms with E-state index in [0.29, 0.717) is 6.54 Å². The molecule has 0 bridgehead atoms. The van der Waals surface area contributed by atoms with Gasteiger partial charge in [-0.05, 0) is 37.1 Å². The van der Waals surface area contributed by atoms with Crippen molar-refractivity contribution in [1.82, 2.24) is 5.32 Å². The fourth-order valence-corrected chi connectivity index (χ4v) is 1.82. The Morgan fingerprint density at radius 2 is 2.25 bits per heavy atom. The first-order valence-corrected chi connectivity index (χ1v) is 6.07. The lowest BCUT2D eigenvalue weighted by atomic mass is 10.1. The molecule has 16 heavy (non-hydrogen) atoms. The van der Waals surface area contributed by atoms with Gasteiger partial charge in [-0.1, -0.05) is 35.0 Å². The minimum atomic E-state index is -0.843. The van der Waals surface area contributed by atoms with Gasteiger partial charge in [0.1, 0.15) is 6.04 Å². The molecule has 0 aromatic heterocycles. The van der Waals surface area contributed by atoms with Crippen LogP contribution in [0.1, 0.15) is 30.5 Å². The van der Waals surface area contributed by atoms with Gasteiger partial charge in [-0.15, -0.1) is 0 Å². The van der Waals surface area contributed by atoms with E-state index in [1.165, 1.54) is 0 Å². The molecule has 0 amide bonds. The summed E-state index contributed by atoms with van der Waals surface area (Å²) in [6.07, 6.45) is 0.914. The number of rotatable bonds is 5. The lowest BCUT2D eigenvalue weighted by Crippen LogP contribution is -2.29. The molecule has 0 heterocycles. The second-order valence-electron chi connectivity index (χ2n) is 3.73. The first-order chi connectivity index (χ1) is 7.56. The van der Waals surface area contributed by atoms with E-state index in [1.807, 2.05) is 32.0 Å². The molecule has 1 atom stereocenters. The predicted octanol–water partition coefficient (Wildman–Crippen LogP) is 2.88. The van der Waals surface area contributed by atoms with Gasteiger partial charge in [0.2, 0.25) is 0 Å². The summed E-state index contributed by atoms with van der Waals surface area (Å²) in [5, 5.41) is 12.1. The maximum atomic E-state index is 11.1. The van der Waals surface area contributed by atoms with E-state index in [1.54, 1.807) is 0 Å². The Labute approximate surface area is 104 Å². The highest BCUT2D eigenvalue weighted by atomic mass is 79.9. The van der Waals surface area contributed by atoms with E-state index in [2.05, 4.69) is 21.2 Å². The standard InChI is InChI=1S/C12H16BrNO2/c1-3-6-14-11(12(15)16)9-5-4-8(2)10(13)7-9/h4-5,7,11,14H,3,6H2,1-2H3,(H,15,16). The van der Waals surface area contributed by atoms with Crippen molar-refractivity contribution in [1.29, 1.82) is 0 Å². The summed E-state index contributed by atoms with van der Waals surface area (Å²) in [6, 6.07) is 5.00. The zero-order valence-corrected chi connectivity index (χ0v) is 11.0. The maximum Gasteiger partial charge on any atom is 0.325 e. The maximum absolute atomic E-state index is 11.1. The van der Waals surface area contributed by atoms with Crippen LogP contribution in [0.5, 0.6) is 0 Å². The van der Waals surface area contributed by atoms with Crippen LogP contribution < -0.4 is 5.32 Å². The number of benzene rings is 1. The third-order valence-electron chi connectivity index (χ3n) is 2.37. The normalized spacial score (nSPS) is 12.4. The molecule has 2 N–H and O–H groups in total. The quantitative estimate of drug-likeness (QED) is 0.875. The topological polar surface area (TPSA) is 49.3 Å². The van der Waals surface area contributed by atoms with Crippen LogP contribution in [0.15, 0.2) is 22.7 Å². The SMILES string of the molecule is CCCNC(C(=O)O)c1ccc(C)c(Br)c1. The Bertz CT molecular complexity index is 379. The zero-order valence-electron chi connectivity index (χ0n) is 9.46. The van der Waals surface area contributed by atoms with Crippen LogP contribution in [0.4, 0.5) is 0 Å². The van der Waals surface area contributed by atoms with Crippen LogP contribution in [0.3, 0.4) is 0 Å². The molecule has 0 spiro atoms. The highest BCUT2D eigenvalue weighted by Crippen LogP contribution is 2.22. The third kappa shape index (κ3) is 3.32. The molecule has 1 aromatic carbocycles. The number of hydrogen-bond acceptors (Lipinski definition) is 2. The van der Waals surface area contributed by atoms with Gasteiger partial charge in [-0.2, -0.15) is 0 Å². The molecule has 0 aliphatic carbocycles. The van der Waals surface area contributed by atoms with Gasteiger partial charge in [-0.25, -0.2) is 0 Å². The lowest BCUT2D eigenvalue weighted by Gasteiger charge is -2.15. The van der Waals surface area contributed by atoms with Crippen molar-refractivity contribution in [3.63, 3.8) is 0 Å². The van der Waals surface area contributed by atoms with E-state index in [-0.39, 0.29) is 0 Å². The van der Waals surface area contributed by atoms with Crippen molar-refractivity contribution < 1.29 is 9.90 Å². The number of carbonyl (C=O) groups is 1. The number of aliphatic carboxylic acids is 1. The van der Waals surface area contributed by atoms with Gasteiger partial charge in [0.05, 0.1) is 0 Å². The Morgan fingerprint density at radius 1 is 1.56 bits per heavy atom. The fraction of sp³-hybridized carbons (Fsp3) is 0.417. The van der Waals surface area contributed by atoms with Gasteiger partial charge in [-0.3, -0.25) is 4.79 Å². The largest absolute Gasteiger partial charge is 0.480 e. The Balaban J connectivity index is 2.92. The summed E-state index contributed by atoms with van der Waals surface area (Å²) < 4.78 is 0.939. The van der Waals surface area contributed by atoms with Crippen LogP contribution in [0, 0.1) is 6.92 Å². The van der Waals surface area contributed by atoms with E-state index in [0.717, 1.165) is 22.0 Å². The molecule has 4 heteroatoms. The molecular formula is C12H16BrNO2. The van der Waals surface area contributed by atoms with Crippen molar-refractivity contribution in [2.45, 2.75) is 26.3 Å². The molecular weight excluding hydrogens is 270 g/mol. The number of nitrogens with one attached hydrogen (secondary N) is 1. The van der Waals surface area contributed by atoms with Crippen molar-refractivity contribution in [2.24, 2.45) is 0 Å². The predicted molar refractivity (Wildman–Crippen MR) is 67.5 cm³/mol. The lowest BCUT2D eigenvalue weighted by molar-refractivity contribution is -0.139. The first kappa shape index (κ1) is 13.2. The first-order valence-electron chi connectivity index (χ1n) is 5.28. The minimum absolute atomic E-state index is 0.628. The summed E-state index contributed by atoms with van der Waals surface area (Å²) in [4.78, 5) is 11.1. The number of carboxylic acids is 1. The summed E-state index contributed by atoms with van der Waals surface area (Å²) in [5.41, 5.74) is 1.88. The monoisotopic (exact) mass is 285 g/mol. The van der Waals surface area contributed by atoms with Gasteiger partial charge in [0, 0.05) is 4.47 Å². The van der Waals surface area contributed by atoms with E-state index in [4.69, 9.17) is 5.11 Å². The molecule has 1 aromatic rings. The van der Waals surface area contributed by atoms with Crippen LogP contribution in [0.25, 0.3) is 0 Å². The van der Waals surface area contributed by atoms with Crippen LogP contribution in [-0.2, 0) is 4.79 Å². The molecule has 0 fully saturated rings. The molecule has 3 nitrogen and oxygen atoms in total. The zero-order chi connectivity index (χ0) is 12.1. The van der Waals surface area contributed by atoms with Gasteiger partial charge in [0.25, 0.3) is 0 Å². The Kier molecular flexibility index (Phi) is 4.96. The number of aryl methyl sites for hydroxylation is 1. The van der Waals surface area contributed by atoms with E-state index < -0.39 is 12.0 Å². The Morgan fingerprint density at radius 3 is 2.75 bits per heavy atom. The second-order valence-corrected chi connectivity index (χ2v) is 4.59. The van der Waals surface area contributed by atoms with Crippen molar-refractivity contribution in [3.8, 4) is 0 Å². The smallest absolute Gasteiger partial charge is 0.325 e. The van der Waals surface area contributed by atoms with Gasteiger partial charge < -0.3 is 10.4 Å². The van der Waals surface area contributed by atoms with Crippen molar-refractivity contribution >= 4 is 21.9 Å². The number of halogens is 1. The minimum Gasteiger partial charge on any atom is -0.480 e.